The van der Waals surface area contributed by atoms with Crippen molar-refractivity contribution in [1.29, 1.82) is 0 Å². The van der Waals surface area contributed by atoms with Crippen LogP contribution < -0.4 is 10.1 Å². The first kappa shape index (κ1) is 14.1. The quantitative estimate of drug-likeness (QED) is 0.771. The maximum Gasteiger partial charge on any atom is 0.126 e. The summed E-state index contributed by atoms with van der Waals surface area (Å²) in [6, 6.07) is 9.51. The minimum Gasteiger partial charge on any atom is -0.491 e. The van der Waals surface area contributed by atoms with Gasteiger partial charge in [0.2, 0.25) is 0 Å². The number of nitrogens with one attached hydrogen (secondary N) is 1. The second-order valence-corrected chi connectivity index (χ2v) is 5.04. The van der Waals surface area contributed by atoms with Gasteiger partial charge in [-0.1, -0.05) is 0 Å². The van der Waals surface area contributed by atoms with Crippen LogP contribution in [0.15, 0.2) is 30.3 Å². The van der Waals surface area contributed by atoms with Crippen molar-refractivity contribution in [2.45, 2.75) is 18.3 Å². The zero-order valence-electron chi connectivity index (χ0n) is 11.7. The molecule has 6 heteroatoms. The Balaban J connectivity index is 1.72. The molecule has 112 valence electrons. The van der Waals surface area contributed by atoms with Crippen molar-refractivity contribution in [3.63, 3.8) is 0 Å². The second-order valence-electron chi connectivity index (χ2n) is 5.04. The number of benzene rings is 1. The molecule has 1 aromatic carbocycles. The molecule has 0 saturated carbocycles. The van der Waals surface area contributed by atoms with E-state index in [-0.39, 0.29) is 13.2 Å². The molecule has 2 aromatic rings. The first-order valence-corrected chi connectivity index (χ1v) is 6.86. The van der Waals surface area contributed by atoms with E-state index in [0.29, 0.717) is 5.75 Å². The fourth-order valence-electron chi connectivity index (χ4n) is 2.32. The average Bonchev–Trinajstić information content (AvgIpc) is 2.83. The molecule has 1 aromatic heterocycles. The van der Waals surface area contributed by atoms with Gasteiger partial charge in [-0.25, -0.2) is 4.98 Å². The predicted molar refractivity (Wildman–Crippen MR) is 78.5 cm³/mol. The molecule has 0 radical (unpaired) electrons. The molecule has 2 heterocycles. The van der Waals surface area contributed by atoms with E-state index in [9.17, 15) is 10.2 Å². The molecule has 0 amide bonds. The van der Waals surface area contributed by atoms with Gasteiger partial charge in [-0.3, -0.25) is 0 Å². The summed E-state index contributed by atoms with van der Waals surface area (Å²) in [4.78, 5) is 4.45. The third-order valence-electron chi connectivity index (χ3n) is 3.59. The largest absolute Gasteiger partial charge is 0.491 e. The summed E-state index contributed by atoms with van der Waals surface area (Å²) in [5.74, 6) is 1.44. The number of pyridine rings is 1. The molecule has 3 unspecified atom stereocenters. The van der Waals surface area contributed by atoms with E-state index in [1.54, 1.807) is 0 Å². The van der Waals surface area contributed by atoms with Gasteiger partial charge in [0.05, 0.1) is 12.1 Å². The van der Waals surface area contributed by atoms with Crippen molar-refractivity contribution in [1.82, 2.24) is 4.98 Å². The lowest BCUT2D eigenvalue weighted by Crippen LogP contribution is -2.33. The molecule has 3 rings (SSSR count). The maximum absolute atomic E-state index is 9.70. The van der Waals surface area contributed by atoms with Crippen LogP contribution in [0.4, 0.5) is 5.82 Å². The Hall–Kier alpha value is -1.89. The van der Waals surface area contributed by atoms with Gasteiger partial charge in [0.1, 0.15) is 36.5 Å². The minimum atomic E-state index is -0.903. The van der Waals surface area contributed by atoms with Gasteiger partial charge in [-0.05, 0) is 24.3 Å². The van der Waals surface area contributed by atoms with Gasteiger partial charge in [0, 0.05) is 18.5 Å². The molecule has 3 N–H and O–H groups in total. The first-order chi connectivity index (χ1) is 10.2. The number of aliphatic hydroxyl groups excluding tert-OH is 2. The van der Waals surface area contributed by atoms with Crippen molar-refractivity contribution < 1.29 is 19.7 Å². The number of hydrogen-bond acceptors (Lipinski definition) is 6. The Morgan fingerprint density at radius 3 is 2.86 bits per heavy atom. The Morgan fingerprint density at radius 1 is 1.33 bits per heavy atom. The molecule has 0 bridgehead atoms. The van der Waals surface area contributed by atoms with Crippen LogP contribution in [0, 0.1) is 0 Å². The fourth-order valence-corrected chi connectivity index (χ4v) is 2.32. The van der Waals surface area contributed by atoms with Gasteiger partial charge < -0.3 is 25.0 Å². The van der Waals surface area contributed by atoms with Crippen molar-refractivity contribution >= 4 is 16.7 Å². The Bertz CT molecular complexity index is 634. The summed E-state index contributed by atoms with van der Waals surface area (Å²) in [6.45, 7) is 0.329. The SMILES string of the molecule is CNc1ccc2ccc(OCC3OCC(O)C3O)cc2n1. The Morgan fingerprint density at radius 2 is 2.14 bits per heavy atom. The smallest absolute Gasteiger partial charge is 0.126 e. The van der Waals surface area contributed by atoms with Crippen molar-refractivity contribution in [2.75, 3.05) is 25.6 Å². The fraction of sp³-hybridized carbons (Fsp3) is 0.400. The lowest BCUT2D eigenvalue weighted by atomic mass is 10.1. The van der Waals surface area contributed by atoms with Crippen LogP contribution in [-0.2, 0) is 4.74 Å². The molecular weight excluding hydrogens is 272 g/mol. The van der Waals surface area contributed by atoms with E-state index in [1.807, 2.05) is 37.4 Å². The highest BCUT2D eigenvalue weighted by atomic mass is 16.6. The number of ether oxygens (including phenoxy) is 2. The Labute approximate surface area is 122 Å². The minimum absolute atomic E-state index is 0.139. The van der Waals surface area contributed by atoms with E-state index < -0.39 is 18.3 Å². The zero-order chi connectivity index (χ0) is 14.8. The highest BCUT2D eigenvalue weighted by Gasteiger charge is 2.34. The normalized spacial score (nSPS) is 25.2. The monoisotopic (exact) mass is 290 g/mol. The number of aliphatic hydroxyl groups is 2. The molecule has 21 heavy (non-hydrogen) atoms. The van der Waals surface area contributed by atoms with Crippen molar-refractivity contribution in [3.05, 3.63) is 30.3 Å². The Kier molecular flexibility index (Phi) is 3.92. The van der Waals surface area contributed by atoms with Crippen LogP contribution in [-0.4, -0.2) is 53.8 Å². The van der Waals surface area contributed by atoms with Crippen LogP contribution in [0.3, 0.4) is 0 Å². The van der Waals surface area contributed by atoms with Crippen LogP contribution in [0.1, 0.15) is 0 Å². The molecule has 1 aliphatic rings. The highest BCUT2D eigenvalue weighted by molar-refractivity contribution is 5.81. The highest BCUT2D eigenvalue weighted by Crippen LogP contribution is 2.22. The predicted octanol–water partition coefficient (Wildman–Crippen LogP) is 0.776. The van der Waals surface area contributed by atoms with Crippen LogP contribution in [0.25, 0.3) is 10.9 Å². The molecule has 0 aliphatic carbocycles. The van der Waals surface area contributed by atoms with E-state index in [0.717, 1.165) is 16.7 Å². The van der Waals surface area contributed by atoms with E-state index in [4.69, 9.17) is 9.47 Å². The topological polar surface area (TPSA) is 83.8 Å². The molecule has 3 atom stereocenters. The molecule has 1 saturated heterocycles. The number of hydrogen-bond donors (Lipinski definition) is 3. The number of anilines is 1. The van der Waals surface area contributed by atoms with Gasteiger partial charge in [-0.15, -0.1) is 0 Å². The number of aromatic nitrogens is 1. The molecule has 0 spiro atoms. The molecule has 6 nitrogen and oxygen atoms in total. The van der Waals surface area contributed by atoms with Crippen LogP contribution in [0.2, 0.25) is 0 Å². The van der Waals surface area contributed by atoms with Gasteiger partial charge >= 0.3 is 0 Å². The van der Waals surface area contributed by atoms with Crippen LogP contribution >= 0.6 is 0 Å². The van der Waals surface area contributed by atoms with Gasteiger partial charge in [0.15, 0.2) is 0 Å². The summed E-state index contributed by atoms with van der Waals surface area (Å²) in [5, 5.41) is 23.1. The lowest BCUT2D eigenvalue weighted by molar-refractivity contribution is -0.0000674. The lowest BCUT2D eigenvalue weighted by Gasteiger charge is -2.15. The van der Waals surface area contributed by atoms with E-state index in [2.05, 4.69) is 10.3 Å². The maximum atomic E-state index is 9.70. The average molecular weight is 290 g/mol. The summed E-state index contributed by atoms with van der Waals surface area (Å²) >= 11 is 0. The number of rotatable bonds is 4. The van der Waals surface area contributed by atoms with Crippen LogP contribution in [0.5, 0.6) is 5.75 Å². The van der Waals surface area contributed by atoms with Gasteiger partial charge in [-0.2, -0.15) is 0 Å². The standard InChI is InChI=1S/C15H18N2O4/c1-16-14-5-3-9-2-4-10(6-11(9)17-14)20-8-13-15(19)12(18)7-21-13/h2-6,12-13,15,18-19H,7-8H2,1H3,(H,16,17). The van der Waals surface area contributed by atoms with Crippen molar-refractivity contribution in [2.24, 2.45) is 0 Å². The van der Waals surface area contributed by atoms with Gasteiger partial charge in [0.25, 0.3) is 0 Å². The molecular formula is C15H18N2O4. The summed E-state index contributed by atoms with van der Waals surface area (Å²) in [7, 11) is 1.82. The zero-order valence-corrected chi connectivity index (χ0v) is 11.7. The van der Waals surface area contributed by atoms with E-state index in [1.165, 1.54) is 0 Å². The third-order valence-corrected chi connectivity index (χ3v) is 3.59. The third kappa shape index (κ3) is 2.92. The number of fused-ring (bicyclic) bond motifs is 1. The van der Waals surface area contributed by atoms with Crippen molar-refractivity contribution in [3.8, 4) is 5.75 Å². The summed E-state index contributed by atoms with van der Waals surface area (Å²) in [5.41, 5.74) is 0.826. The summed E-state index contributed by atoms with van der Waals surface area (Å²) in [6.07, 6.45) is -2.25. The second kappa shape index (κ2) is 5.85. The molecule has 1 fully saturated rings. The summed E-state index contributed by atoms with van der Waals surface area (Å²) < 4.78 is 10.9. The molecule has 1 aliphatic heterocycles. The van der Waals surface area contributed by atoms with E-state index >= 15 is 0 Å². The number of nitrogens with zero attached hydrogens (tertiary/aromatic N) is 1. The first-order valence-electron chi connectivity index (χ1n) is 6.86.